The third-order valence-electron chi connectivity index (χ3n) is 5.87. The van der Waals surface area contributed by atoms with Gasteiger partial charge in [0.1, 0.15) is 17.3 Å². The van der Waals surface area contributed by atoms with E-state index in [-0.39, 0.29) is 48.4 Å². The van der Waals surface area contributed by atoms with Crippen LogP contribution >= 0.6 is 24.8 Å². The lowest BCUT2D eigenvalue weighted by atomic mass is 10.0. The third kappa shape index (κ3) is 7.04. The standard InChI is InChI=1S/C27H28F2N4O.2ClH/c28-22-9-3-18(4-10-22)17-33-25-14-20(19-7-11-23(29)12-8-19)5-6-21(25)15-26(33)27(34)32-16-24(31)2-1-13-30;;/h3-12,14-15,24H,1-2,13,16-17,30-31H2,(H,32,34);2*1H/t24-;;/m0../s1. The summed E-state index contributed by atoms with van der Waals surface area (Å²) in [6, 6.07) is 20.0. The number of carbonyl (C=O) groups is 1. The van der Waals surface area contributed by atoms with Crippen molar-refractivity contribution in [1.29, 1.82) is 0 Å². The smallest absolute Gasteiger partial charge is 0.268 e. The number of nitrogens with two attached hydrogens (primary N) is 2. The molecule has 0 saturated heterocycles. The Kier molecular flexibility index (Phi) is 10.9. The first-order valence-electron chi connectivity index (χ1n) is 11.3. The molecule has 0 unspecified atom stereocenters. The van der Waals surface area contributed by atoms with Crippen LogP contribution in [0.15, 0.2) is 72.8 Å². The maximum atomic E-state index is 13.4. The molecule has 0 bridgehead atoms. The van der Waals surface area contributed by atoms with Gasteiger partial charge in [-0.2, -0.15) is 0 Å². The highest BCUT2D eigenvalue weighted by atomic mass is 35.5. The number of fused-ring (bicyclic) bond motifs is 1. The SMILES string of the molecule is Cl.Cl.NCCC[C@H](N)CNC(=O)c1cc2ccc(-c3ccc(F)cc3)cc2n1Cc1ccc(F)cc1. The summed E-state index contributed by atoms with van der Waals surface area (Å²) in [6.45, 7) is 1.29. The average molecular weight is 535 g/mol. The van der Waals surface area contributed by atoms with Crippen LogP contribution in [0.3, 0.4) is 0 Å². The van der Waals surface area contributed by atoms with Gasteiger partial charge in [0.2, 0.25) is 0 Å². The van der Waals surface area contributed by atoms with Gasteiger partial charge in [-0.25, -0.2) is 8.78 Å². The highest BCUT2D eigenvalue weighted by molar-refractivity contribution is 5.99. The van der Waals surface area contributed by atoms with E-state index in [1.165, 1.54) is 24.3 Å². The highest BCUT2D eigenvalue weighted by Gasteiger charge is 2.17. The molecule has 1 aromatic heterocycles. The Morgan fingerprint density at radius 3 is 2.14 bits per heavy atom. The number of carbonyl (C=O) groups excluding carboxylic acids is 1. The monoisotopic (exact) mass is 534 g/mol. The van der Waals surface area contributed by atoms with E-state index in [0.717, 1.165) is 40.4 Å². The van der Waals surface area contributed by atoms with Gasteiger partial charge >= 0.3 is 0 Å². The first-order valence-corrected chi connectivity index (χ1v) is 11.3. The summed E-state index contributed by atoms with van der Waals surface area (Å²) in [4.78, 5) is 13.1. The summed E-state index contributed by atoms with van der Waals surface area (Å²) < 4.78 is 28.7. The number of rotatable bonds is 9. The van der Waals surface area contributed by atoms with E-state index >= 15 is 0 Å². The van der Waals surface area contributed by atoms with Crippen LogP contribution in [0.2, 0.25) is 0 Å². The molecule has 5 N–H and O–H groups in total. The van der Waals surface area contributed by atoms with Gasteiger partial charge in [-0.3, -0.25) is 4.79 Å². The minimum Gasteiger partial charge on any atom is -0.349 e. The Hall–Kier alpha value is -2.97. The zero-order valence-electron chi connectivity index (χ0n) is 19.6. The molecule has 0 aliphatic rings. The van der Waals surface area contributed by atoms with Crippen molar-refractivity contribution < 1.29 is 13.6 Å². The predicted molar refractivity (Wildman–Crippen MR) is 146 cm³/mol. The first kappa shape index (κ1) is 29.3. The van der Waals surface area contributed by atoms with E-state index in [2.05, 4.69) is 5.32 Å². The summed E-state index contributed by atoms with van der Waals surface area (Å²) in [5, 5.41) is 3.82. The first-order chi connectivity index (χ1) is 16.4. The van der Waals surface area contributed by atoms with Crippen LogP contribution in [0.1, 0.15) is 28.9 Å². The van der Waals surface area contributed by atoms with Gasteiger partial charge in [-0.15, -0.1) is 24.8 Å². The molecular weight excluding hydrogens is 505 g/mol. The zero-order valence-corrected chi connectivity index (χ0v) is 21.3. The summed E-state index contributed by atoms with van der Waals surface area (Å²) >= 11 is 0. The quantitative estimate of drug-likeness (QED) is 0.273. The summed E-state index contributed by atoms with van der Waals surface area (Å²) in [6.07, 6.45) is 1.53. The fourth-order valence-corrected chi connectivity index (χ4v) is 4.00. The molecule has 9 heteroatoms. The molecule has 0 fully saturated rings. The number of hydrogen-bond donors (Lipinski definition) is 3. The summed E-state index contributed by atoms with van der Waals surface area (Å²) in [5.41, 5.74) is 15.6. The number of halogens is 4. The van der Waals surface area contributed by atoms with Gasteiger partial charge in [-0.1, -0.05) is 36.4 Å². The molecular formula is C27H30Cl2F2N4O. The van der Waals surface area contributed by atoms with Gasteiger partial charge in [0.25, 0.3) is 5.91 Å². The number of benzene rings is 3. The van der Waals surface area contributed by atoms with E-state index in [1.54, 1.807) is 24.3 Å². The Morgan fingerprint density at radius 2 is 1.50 bits per heavy atom. The largest absolute Gasteiger partial charge is 0.349 e. The number of nitrogens with zero attached hydrogens (tertiary/aromatic N) is 1. The fraction of sp³-hybridized carbons (Fsp3) is 0.222. The lowest BCUT2D eigenvalue weighted by molar-refractivity contribution is 0.0942. The average Bonchev–Trinajstić information content (AvgIpc) is 3.20. The van der Waals surface area contributed by atoms with Gasteiger partial charge in [0, 0.05) is 30.0 Å². The zero-order chi connectivity index (χ0) is 24.1. The van der Waals surface area contributed by atoms with Gasteiger partial charge in [0.05, 0.1) is 0 Å². The molecule has 0 spiro atoms. The van der Waals surface area contributed by atoms with E-state index in [1.807, 2.05) is 28.8 Å². The number of hydrogen-bond acceptors (Lipinski definition) is 3. The Bertz CT molecular complexity index is 1280. The van der Waals surface area contributed by atoms with Crippen molar-refractivity contribution in [3.63, 3.8) is 0 Å². The maximum Gasteiger partial charge on any atom is 0.268 e. The topological polar surface area (TPSA) is 86.1 Å². The molecule has 4 aromatic rings. The van der Waals surface area contributed by atoms with Crippen molar-refractivity contribution in [2.45, 2.75) is 25.4 Å². The Labute approximate surface area is 221 Å². The second-order valence-corrected chi connectivity index (χ2v) is 8.42. The molecule has 192 valence electrons. The minimum atomic E-state index is -0.316. The van der Waals surface area contributed by atoms with Crippen molar-refractivity contribution >= 4 is 41.6 Å². The van der Waals surface area contributed by atoms with Gasteiger partial charge in [0.15, 0.2) is 0 Å². The van der Waals surface area contributed by atoms with Crippen LogP contribution in [-0.2, 0) is 6.54 Å². The molecule has 5 nitrogen and oxygen atoms in total. The normalized spacial score (nSPS) is 11.4. The predicted octanol–water partition coefficient (Wildman–Crippen LogP) is 5.27. The second kappa shape index (κ2) is 13.4. The minimum absolute atomic E-state index is 0. The van der Waals surface area contributed by atoms with Crippen LogP contribution in [-0.4, -0.2) is 29.6 Å². The molecule has 1 heterocycles. The third-order valence-corrected chi connectivity index (χ3v) is 5.87. The molecule has 0 aliphatic heterocycles. The maximum absolute atomic E-state index is 13.4. The van der Waals surface area contributed by atoms with E-state index in [4.69, 9.17) is 11.5 Å². The van der Waals surface area contributed by atoms with Crippen LogP contribution < -0.4 is 16.8 Å². The van der Waals surface area contributed by atoms with Crippen molar-refractivity contribution in [3.8, 4) is 11.1 Å². The number of nitrogens with one attached hydrogen (secondary N) is 1. The molecule has 1 amide bonds. The Morgan fingerprint density at radius 1 is 0.889 bits per heavy atom. The molecule has 1 atom stereocenters. The van der Waals surface area contributed by atoms with E-state index < -0.39 is 0 Å². The van der Waals surface area contributed by atoms with Crippen molar-refractivity contribution in [2.75, 3.05) is 13.1 Å². The van der Waals surface area contributed by atoms with E-state index in [0.29, 0.717) is 25.3 Å². The lowest BCUT2D eigenvalue weighted by Crippen LogP contribution is -2.38. The van der Waals surface area contributed by atoms with Crippen LogP contribution in [0.25, 0.3) is 22.0 Å². The molecule has 36 heavy (non-hydrogen) atoms. The second-order valence-electron chi connectivity index (χ2n) is 8.42. The van der Waals surface area contributed by atoms with E-state index in [9.17, 15) is 13.6 Å². The van der Waals surface area contributed by atoms with Crippen molar-refractivity contribution in [3.05, 3.63) is 95.7 Å². The molecule has 4 rings (SSSR count). The number of aromatic nitrogens is 1. The van der Waals surface area contributed by atoms with Crippen molar-refractivity contribution in [2.24, 2.45) is 11.5 Å². The Balaban J connectivity index is 0.00000228. The van der Waals surface area contributed by atoms with Gasteiger partial charge in [-0.05, 0) is 72.5 Å². The lowest BCUT2D eigenvalue weighted by Gasteiger charge is -2.15. The summed E-state index contributed by atoms with van der Waals surface area (Å²) in [5.74, 6) is -0.845. The number of amides is 1. The molecule has 0 radical (unpaired) electrons. The molecule has 3 aromatic carbocycles. The van der Waals surface area contributed by atoms with Crippen molar-refractivity contribution in [1.82, 2.24) is 9.88 Å². The van der Waals surface area contributed by atoms with Crippen LogP contribution in [0, 0.1) is 11.6 Å². The summed E-state index contributed by atoms with van der Waals surface area (Å²) in [7, 11) is 0. The van der Waals surface area contributed by atoms with Crippen LogP contribution in [0.5, 0.6) is 0 Å². The molecule has 0 saturated carbocycles. The van der Waals surface area contributed by atoms with Crippen LogP contribution in [0.4, 0.5) is 8.78 Å². The fourth-order valence-electron chi connectivity index (χ4n) is 4.00. The highest BCUT2D eigenvalue weighted by Crippen LogP contribution is 2.28. The van der Waals surface area contributed by atoms with Gasteiger partial charge < -0.3 is 21.4 Å². The molecule has 0 aliphatic carbocycles.